The van der Waals surface area contributed by atoms with Gasteiger partial charge in [0.1, 0.15) is 6.04 Å². The first-order chi connectivity index (χ1) is 12.9. The van der Waals surface area contributed by atoms with Gasteiger partial charge in [0.25, 0.3) is 5.91 Å². The Balaban J connectivity index is 1.90. The fourth-order valence-electron chi connectivity index (χ4n) is 4.50. The van der Waals surface area contributed by atoms with Crippen LogP contribution in [0.1, 0.15) is 22.7 Å². The van der Waals surface area contributed by atoms with Gasteiger partial charge in [-0.05, 0) is 28.0 Å². The number of nitrogens with one attached hydrogen (secondary N) is 1. The highest BCUT2D eigenvalue weighted by atomic mass is 19.4. The number of benzene rings is 3. The lowest BCUT2D eigenvalue weighted by atomic mass is 9.83. The van der Waals surface area contributed by atoms with Crippen LogP contribution in [0.2, 0.25) is 0 Å². The SMILES string of the molecule is CN1C(=O)C2(NC(C(F)(F)F)c3c2ccc2ccccc32)c2ccccc21. The van der Waals surface area contributed by atoms with Gasteiger partial charge in [0.2, 0.25) is 0 Å². The summed E-state index contributed by atoms with van der Waals surface area (Å²) in [5, 5.41) is 3.92. The molecule has 2 aliphatic heterocycles. The van der Waals surface area contributed by atoms with Crippen molar-refractivity contribution in [1.29, 1.82) is 0 Å². The summed E-state index contributed by atoms with van der Waals surface area (Å²) in [7, 11) is 1.60. The predicted molar refractivity (Wildman–Crippen MR) is 96.5 cm³/mol. The van der Waals surface area contributed by atoms with E-state index in [1.54, 1.807) is 67.7 Å². The molecule has 2 atom stereocenters. The molecule has 3 aromatic carbocycles. The zero-order chi connectivity index (χ0) is 19.0. The van der Waals surface area contributed by atoms with Crippen LogP contribution in [0, 0.1) is 0 Å². The van der Waals surface area contributed by atoms with Crippen LogP contribution in [-0.4, -0.2) is 19.1 Å². The topological polar surface area (TPSA) is 32.3 Å². The Morgan fingerprint density at radius 1 is 0.963 bits per heavy atom. The molecule has 2 aliphatic rings. The van der Waals surface area contributed by atoms with Gasteiger partial charge in [0, 0.05) is 18.3 Å². The van der Waals surface area contributed by atoms with Crippen molar-refractivity contribution in [3.05, 3.63) is 77.4 Å². The Morgan fingerprint density at radius 2 is 1.67 bits per heavy atom. The quantitative estimate of drug-likeness (QED) is 0.643. The van der Waals surface area contributed by atoms with Crippen molar-refractivity contribution in [2.24, 2.45) is 0 Å². The number of hydrogen-bond donors (Lipinski definition) is 1. The number of amides is 1. The maximum Gasteiger partial charge on any atom is 0.407 e. The lowest BCUT2D eigenvalue weighted by Crippen LogP contribution is -2.49. The highest BCUT2D eigenvalue weighted by Gasteiger charge is 2.61. The van der Waals surface area contributed by atoms with Crippen molar-refractivity contribution in [3.8, 4) is 0 Å². The van der Waals surface area contributed by atoms with E-state index in [1.165, 1.54) is 4.90 Å². The minimum atomic E-state index is -4.53. The highest BCUT2D eigenvalue weighted by Crippen LogP contribution is 2.55. The van der Waals surface area contributed by atoms with Gasteiger partial charge in [0.05, 0.1) is 0 Å². The van der Waals surface area contributed by atoms with E-state index in [1.807, 2.05) is 0 Å². The third-order valence-electron chi connectivity index (χ3n) is 5.65. The molecule has 1 spiro atoms. The molecule has 0 aromatic heterocycles. The summed E-state index contributed by atoms with van der Waals surface area (Å²) < 4.78 is 42.0. The smallest absolute Gasteiger partial charge is 0.313 e. The molecular weight excluding hydrogens is 353 g/mol. The second-order valence-corrected chi connectivity index (χ2v) is 7.00. The second-order valence-electron chi connectivity index (χ2n) is 7.00. The van der Waals surface area contributed by atoms with Gasteiger partial charge >= 0.3 is 6.18 Å². The van der Waals surface area contributed by atoms with Crippen molar-refractivity contribution in [1.82, 2.24) is 5.32 Å². The normalized spacial score (nSPS) is 23.9. The van der Waals surface area contributed by atoms with Crippen molar-refractivity contribution < 1.29 is 18.0 Å². The number of hydrogen-bond acceptors (Lipinski definition) is 2. The van der Waals surface area contributed by atoms with E-state index in [4.69, 9.17) is 0 Å². The number of anilines is 1. The van der Waals surface area contributed by atoms with Crippen LogP contribution in [0.4, 0.5) is 18.9 Å². The van der Waals surface area contributed by atoms with E-state index in [-0.39, 0.29) is 5.56 Å². The monoisotopic (exact) mass is 368 g/mol. The maximum atomic E-state index is 14.0. The largest absolute Gasteiger partial charge is 0.407 e. The van der Waals surface area contributed by atoms with Crippen molar-refractivity contribution in [2.75, 3.05) is 11.9 Å². The average molecular weight is 368 g/mol. The molecule has 136 valence electrons. The molecule has 5 rings (SSSR count). The number of nitrogens with zero attached hydrogens (tertiary/aromatic N) is 1. The molecule has 0 aliphatic carbocycles. The van der Waals surface area contributed by atoms with Crippen LogP contribution in [0.15, 0.2) is 60.7 Å². The summed E-state index contributed by atoms with van der Waals surface area (Å²) in [6, 6.07) is 15.5. The van der Waals surface area contributed by atoms with E-state index < -0.39 is 23.7 Å². The van der Waals surface area contributed by atoms with Crippen molar-refractivity contribution >= 4 is 22.4 Å². The molecule has 2 heterocycles. The molecule has 27 heavy (non-hydrogen) atoms. The zero-order valence-electron chi connectivity index (χ0n) is 14.3. The number of halogens is 3. The lowest BCUT2D eigenvalue weighted by Gasteiger charge is -2.26. The van der Waals surface area contributed by atoms with Gasteiger partial charge in [0.15, 0.2) is 5.54 Å². The molecular formula is C21H15F3N2O. The molecule has 3 aromatic rings. The van der Waals surface area contributed by atoms with Gasteiger partial charge in [-0.2, -0.15) is 13.2 Å². The van der Waals surface area contributed by atoms with Crippen LogP contribution in [0.5, 0.6) is 0 Å². The van der Waals surface area contributed by atoms with Crippen molar-refractivity contribution in [2.45, 2.75) is 17.8 Å². The number of carbonyl (C=O) groups is 1. The Hall–Kier alpha value is -2.86. The third kappa shape index (κ3) is 1.93. The van der Waals surface area contributed by atoms with E-state index >= 15 is 0 Å². The summed E-state index contributed by atoms with van der Waals surface area (Å²) in [4.78, 5) is 14.7. The Bertz CT molecular complexity index is 1110. The second kappa shape index (κ2) is 5.10. The van der Waals surface area contributed by atoms with E-state index in [2.05, 4.69) is 5.32 Å². The zero-order valence-corrected chi connectivity index (χ0v) is 14.3. The molecule has 0 fully saturated rings. The number of alkyl halides is 3. The highest BCUT2D eigenvalue weighted by molar-refractivity contribution is 6.11. The molecule has 0 saturated carbocycles. The van der Waals surface area contributed by atoms with Gasteiger partial charge in [-0.15, -0.1) is 0 Å². The minimum Gasteiger partial charge on any atom is -0.313 e. The van der Waals surface area contributed by atoms with Crippen LogP contribution >= 0.6 is 0 Å². The van der Waals surface area contributed by atoms with Crippen LogP contribution in [0.25, 0.3) is 10.8 Å². The molecule has 3 nitrogen and oxygen atoms in total. The van der Waals surface area contributed by atoms with Crippen LogP contribution in [-0.2, 0) is 10.3 Å². The summed E-state index contributed by atoms with van der Waals surface area (Å²) in [6.07, 6.45) is -4.53. The fourth-order valence-corrected chi connectivity index (χ4v) is 4.50. The molecule has 0 radical (unpaired) electrons. The Morgan fingerprint density at radius 3 is 2.44 bits per heavy atom. The molecule has 6 heteroatoms. The number of rotatable bonds is 0. The fraction of sp³-hybridized carbons (Fsp3) is 0.190. The lowest BCUT2D eigenvalue weighted by molar-refractivity contribution is -0.159. The van der Waals surface area contributed by atoms with Crippen LogP contribution in [0.3, 0.4) is 0 Å². The Kier molecular flexibility index (Phi) is 3.09. The Labute approximate surface area is 153 Å². The minimum absolute atomic E-state index is 0.138. The van der Waals surface area contributed by atoms with Crippen molar-refractivity contribution in [3.63, 3.8) is 0 Å². The first-order valence-electron chi connectivity index (χ1n) is 8.60. The maximum absolute atomic E-state index is 14.0. The molecule has 2 unspecified atom stereocenters. The first-order valence-corrected chi connectivity index (χ1v) is 8.60. The molecule has 0 bridgehead atoms. The van der Waals surface area contributed by atoms with Gasteiger partial charge in [-0.1, -0.05) is 54.6 Å². The number of carbonyl (C=O) groups excluding carboxylic acids is 1. The summed E-state index contributed by atoms with van der Waals surface area (Å²) in [5.74, 6) is -0.396. The van der Waals surface area contributed by atoms with E-state index in [0.29, 0.717) is 22.2 Å². The molecule has 1 amide bonds. The van der Waals surface area contributed by atoms with Crippen LogP contribution < -0.4 is 10.2 Å². The number of para-hydroxylation sites is 1. The van der Waals surface area contributed by atoms with E-state index in [0.717, 1.165) is 5.39 Å². The average Bonchev–Trinajstić information content (AvgIpc) is 3.13. The standard InChI is InChI=1S/C21H15F3N2O/c1-26-16-9-5-4-8-14(16)20(19(26)27)15-11-10-12-6-2-3-7-13(12)17(15)18(25-20)21(22,23)24/h2-11,18,25H,1H3. The summed E-state index contributed by atoms with van der Waals surface area (Å²) in [5.41, 5.74) is 0.173. The first kappa shape index (κ1) is 16.3. The summed E-state index contributed by atoms with van der Waals surface area (Å²) >= 11 is 0. The number of fused-ring (bicyclic) bond motifs is 6. The summed E-state index contributed by atoms with van der Waals surface area (Å²) in [6.45, 7) is 0. The van der Waals surface area contributed by atoms with E-state index in [9.17, 15) is 18.0 Å². The molecule has 0 saturated heterocycles. The third-order valence-corrected chi connectivity index (χ3v) is 5.65. The predicted octanol–water partition coefficient (Wildman–Crippen LogP) is 4.27. The van der Waals surface area contributed by atoms with Gasteiger partial charge in [-0.3, -0.25) is 10.1 Å². The van der Waals surface area contributed by atoms with Gasteiger partial charge in [-0.25, -0.2) is 0 Å². The molecule has 1 N–H and O–H groups in total. The number of likely N-dealkylation sites (N-methyl/N-ethyl adjacent to an activating group) is 1. The van der Waals surface area contributed by atoms with Gasteiger partial charge < -0.3 is 4.90 Å².